The molecule has 0 saturated heterocycles. The summed E-state index contributed by atoms with van der Waals surface area (Å²) >= 11 is 0. The predicted molar refractivity (Wildman–Crippen MR) is 93.6 cm³/mol. The Balaban J connectivity index is 2.33. The van der Waals surface area contributed by atoms with Crippen LogP contribution in [0.15, 0.2) is 42.5 Å². The minimum absolute atomic E-state index is 0.0239. The van der Waals surface area contributed by atoms with Crippen molar-refractivity contribution < 1.29 is 40.9 Å². The van der Waals surface area contributed by atoms with Crippen molar-refractivity contribution >= 4 is 0 Å². The summed E-state index contributed by atoms with van der Waals surface area (Å²) in [6, 6.07) is 8.56. The van der Waals surface area contributed by atoms with Gasteiger partial charge in [0, 0.05) is 17.0 Å². The van der Waals surface area contributed by atoms with Gasteiger partial charge >= 0.3 is 0 Å². The molecule has 0 aromatic heterocycles. The molecule has 0 radical (unpaired) electrons. The van der Waals surface area contributed by atoms with Crippen LogP contribution < -0.4 is 0 Å². The van der Waals surface area contributed by atoms with Gasteiger partial charge in [0.25, 0.3) is 0 Å². The largest absolute Gasteiger partial charge is 0.504 e. The van der Waals surface area contributed by atoms with Gasteiger partial charge in [-0.3, -0.25) is 0 Å². The lowest BCUT2D eigenvalue weighted by Crippen LogP contribution is -2.04. The van der Waals surface area contributed by atoms with E-state index < -0.39 is 51.9 Å². The number of aromatic hydroxyl groups is 8. The lowest BCUT2D eigenvalue weighted by molar-refractivity contribution is 0.360. The first-order valence-electron chi connectivity index (χ1n) is 7.71. The van der Waals surface area contributed by atoms with Gasteiger partial charge in [0.15, 0.2) is 34.5 Å². The molecule has 0 aliphatic carbocycles. The normalized spacial score (nSPS) is 11.0. The van der Waals surface area contributed by atoms with Crippen LogP contribution in [-0.2, 0) is 0 Å². The Kier molecular flexibility index (Phi) is 4.24. The van der Waals surface area contributed by atoms with E-state index in [-0.39, 0.29) is 16.7 Å². The Morgan fingerprint density at radius 1 is 0.444 bits per heavy atom. The molecule has 0 saturated carbocycles. The molecule has 3 rings (SSSR count). The van der Waals surface area contributed by atoms with E-state index in [1.54, 1.807) is 0 Å². The van der Waals surface area contributed by atoms with Crippen molar-refractivity contribution in [1.82, 2.24) is 0 Å². The molecule has 0 fully saturated rings. The average molecular weight is 372 g/mol. The van der Waals surface area contributed by atoms with Crippen molar-refractivity contribution in [3.63, 3.8) is 0 Å². The highest BCUT2D eigenvalue weighted by molar-refractivity contribution is 5.64. The Morgan fingerprint density at radius 3 is 1.33 bits per heavy atom. The molecule has 27 heavy (non-hydrogen) atoms. The minimum Gasteiger partial charge on any atom is -0.504 e. The Morgan fingerprint density at radius 2 is 0.889 bits per heavy atom. The number of phenols is 8. The Hall–Kier alpha value is -3.94. The molecule has 8 nitrogen and oxygen atoms in total. The van der Waals surface area contributed by atoms with Crippen molar-refractivity contribution in [2.75, 3.05) is 0 Å². The molecule has 0 atom stereocenters. The van der Waals surface area contributed by atoms with E-state index in [0.29, 0.717) is 0 Å². The maximum atomic E-state index is 10.3. The summed E-state index contributed by atoms with van der Waals surface area (Å²) in [5.41, 5.74) is 0.317. The standard InChI is InChI=1S/C19H16O8/c20-11-4-1-8(7-14(11)23)15(9-2-5-12(21)18(26)16(9)24)10-3-6-13(22)19(27)17(10)25/h1-7,15,20-27H. The molecule has 140 valence electrons. The van der Waals surface area contributed by atoms with Crippen LogP contribution in [0.5, 0.6) is 46.0 Å². The monoisotopic (exact) mass is 372 g/mol. The van der Waals surface area contributed by atoms with Crippen LogP contribution in [0.1, 0.15) is 22.6 Å². The zero-order valence-corrected chi connectivity index (χ0v) is 13.7. The van der Waals surface area contributed by atoms with Crippen LogP contribution in [0.4, 0.5) is 0 Å². The molecule has 0 spiro atoms. The summed E-state index contributed by atoms with van der Waals surface area (Å²) in [5.74, 6) is -5.99. The van der Waals surface area contributed by atoms with Crippen molar-refractivity contribution in [2.24, 2.45) is 0 Å². The number of hydrogen-bond acceptors (Lipinski definition) is 8. The third kappa shape index (κ3) is 2.93. The molecule has 0 aliphatic rings. The van der Waals surface area contributed by atoms with Gasteiger partial charge < -0.3 is 40.9 Å². The number of hydrogen-bond donors (Lipinski definition) is 8. The van der Waals surface area contributed by atoms with E-state index in [4.69, 9.17) is 0 Å². The van der Waals surface area contributed by atoms with Crippen molar-refractivity contribution in [3.8, 4) is 46.0 Å². The molecule has 0 bridgehead atoms. The Bertz CT molecular complexity index is 971. The molecule has 0 aliphatic heterocycles. The van der Waals surface area contributed by atoms with Gasteiger partial charge in [0.05, 0.1) is 0 Å². The fraction of sp³-hybridized carbons (Fsp3) is 0.0526. The van der Waals surface area contributed by atoms with Gasteiger partial charge in [-0.15, -0.1) is 0 Å². The third-order valence-corrected chi connectivity index (χ3v) is 4.28. The van der Waals surface area contributed by atoms with Gasteiger partial charge in [-0.05, 0) is 29.8 Å². The van der Waals surface area contributed by atoms with Crippen LogP contribution in [0.3, 0.4) is 0 Å². The summed E-state index contributed by atoms with van der Waals surface area (Å²) in [7, 11) is 0. The van der Waals surface area contributed by atoms with E-state index in [0.717, 1.165) is 12.1 Å². The molecule has 8 heteroatoms. The summed E-state index contributed by atoms with van der Waals surface area (Å²) in [6.45, 7) is 0. The van der Waals surface area contributed by atoms with Crippen LogP contribution in [0.25, 0.3) is 0 Å². The van der Waals surface area contributed by atoms with Crippen LogP contribution in [0, 0.1) is 0 Å². The first kappa shape index (κ1) is 17.9. The van der Waals surface area contributed by atoms with Crippen LogP contribution in [-0.4, -0.2) is 40.9 Å². The third-order valence-electron chi connectivity index (χ3n) is 4.28. The van der Waals surface area contributed by atoms with Gasteiger partial charge in [-0.2, -0.15) is 0 Å². The SMILES string of the molecule is Oc1ccc(C(c2ccc(O)c(O)c2O)c2ccc(O)c(O)c2O)cc1O. The van der Waals surface area contributed by atoms with E-state index in [9.17, 15) is 40.9 Å². The molecular weight excluding hydrogens is 356 g/mol. The van der Waals surface area contributed by atoms with Gasteiger partial charge in [0.2, 0.25) is 11.5 Å². The van der Waals surface area contributed by atoms with E-state index >= 15 is 0 Å². The first-order valence-corrected chi connectivity index (χ1v) is 7.71. The smallest absolute Gasteiger partial charge is 0.200 e. The highest BCUT2D eigenvalue weighted by Gasteiger charge is 2.28. The highest BCUT2D eigenvalue weighted by atomic mass is 16.3. The van der Waals surface area contributed by atoms with Crippen LogP contribution >= 0.6 is 0 Å². The zero-order valence-electron chi connectivity index (χ0n) is 13.7. The maximum absolute atomic E-state index is 10.3. The van der Waals surface area contributed by atoms with Gasteiger partial charge in [-0.1, -0.05) is 18.2 Å². The molecule has 0 amide bonds. The van der Waals surface area contributed by atoms with Crippen molar-refractivity contribution in [1.29, 1.82) is 0 Å². The quantitative estimate of drug-likeness (QED) is 0.257. The summed E-state index contributed by atoms with van der Waals surface area (Å²) in [5, 5.41) is 78.8. The van der Waals surface area contributed by atoms with Crippen LogP contribution in [0.2, 0.25) is 0 Å². The lowest BCUT2D eigenvalue weighted by Gasteiger charge is -2.22. The maximum Gasteiger partial charge on any atom is 0.200 e. The second kappa shape index (κ2) is 6.41. The molecule has 3 aromatic rings. The number of benzene rings is 3. The average Bonchev–Trinajstić information content (AvgIpc) is 2.64. The molecule has 3 aromatic carbocycles. The number of phenolic OH excluding ortho intramolecular Hbond substituents is 8. The van der Waals surface area contributed by atoms with Crippen molar-refractivity contribution in [2.45, 2.75) is 5.92 Å². The first-order chi connectivity index (χ1) is 12.7. The predicted octanol–water partition coefficient (Wildman–Crippen LogP) is 2.51. The number of rotatable bonds is 3. The zero-order chi connectivity index (χ0) is 19.9. The van der Waals surface area contributed by atoms with E-state index in [1.165, 1.54) is 30.3 Å². The second-order valence-corrected chi connectivity index (χ2v) is 5.92. The summed E-state index contributed by atoms with van der Waals surface area (Å²) in [4.78, 5) is 0. The molecule has 0 unspecified atom stereocenters. The highest BCUT2D eigenvalue weighted by Crippen LogP contribution is 2.49. The topological polar surface area (TPSA) is 162 Å². The lowest BCUT2D eigenvalue weighted by atomic mass is 9.83. The van der Waals surface area contributed by atoms with Crippen molar-refractivity contribution in [3.05, 3.63) is 59.2 Å². The molecular formula is C19H16O8. The van der Waals surface area contributed by atoms with E-state index in [1.807, 2.05) is 0 Å². The summed E-state index contributed by atoms with van der Waals surface area (Å²) < 4.78 is 0. The minimum atomic E-state index is -1.05. The van der Waals surface area contributed by atoms with Gasteiger partial charge in [0.1, 0.15) is 0 Å². The second-order valence-electron chi connectivity index (χ2n) is 5.92. The fourth-order valence-corrected chi connectivity index (χ4v) is 2.88. The fourth-order valence-electron chi connectivity index (χ4n) is 2.88. The molecule has 0 heterocycles. The Labute approximate surface area is 152 Å². The van der Waals surface area contributed by atoms with E-state index in [2.05, 4.69) is 0 Å². The van der Waals surface area contributed by atoms with Gasteiger partial charge in [-0.25, -0.2) is 0 Å². The summed E-state index contributed by atoms with van der Waals surface area (Å²) in [6.07, 6.45) is 0. The molecule has 8 N–H and O–H groups in total.